The van der Waals surface area contributed by atoms with E-state index in [0.29, 0.717) is 18.5 Å². The monoisotopic (exact) mass is 414 g/mol. The van der Waals surface area contributed by atoms with E-state index in [1.54, 1.807) is 6.20 Å². The first-order valence-electron chi connectivity index (χ1n) is 9.43. The number of hydrogen-bond donors (Lipinski definition) is 1. The number of amides is 1. The molecule has 2 aliphatic rings. The summed E-state index contributed by atoms with van der Waals surface area (Å²) >= 11 is 0. The molecule has 4 rings (SSSR count). The summed E-state index contributed by atoms with van der Waals surface area (Å²) in [5.74, 6) is -3.39. The predicted molar refractivity (Wildman–Crippen MR) is 92.5 cm³/mol. The first kappa shape index (κ1) is 19.8. The smallest absolute Gasteiger partial charge is 0.349 e. The number of carbonyl (C=O) groups is 1. The molecule has 1 saturated carbocycles. The minimum Gasteiger partial charge on any atom is -0.349 e. The third kappa shape index (κ3) is 4.11. The zero-order valence-corrected chi connectivity index (χ0v) is 15.3. The van der Waals surface area contributed by atoms with E-state index < -0.39 is 23.7 Å². The van der Waals surface area contributed by atoms with Crippen molar-refractivity contribution in [3.05, 3.63) is 41.5 Å². The van der Waals surface area contributed by atoms with Gasteiger partial charge in [0.15, 0.2) is 0 Å². The van der Waals surface area contributed by atoms with E-state index >= 15 is 0 Å². The third-order valence-corrected chi connectivity index (χ3v) is 5.57. The van der Waals surface area contributed by atoms with Crippen LogP contribution >= 0.6 is 0 Å². The molecule has 29 heavy (non-hydrogen) atoms. The van der Waals surface area contributed by atoms with Gasteiger partial charge in [0, 0.05) is 36.7 Å². The molecule has 5 nitrogen and oxygen atoms in total. The molecule has 0 saturated heterocycles. The van der Waals surface area contributed by atoms with Gasteiger partial charge in [0.25, 0.3) is 0 Å². The average molecular weight is 414 g/mol. The molecule has 2 aliphatic carbocycles. The van der Waals surface area contributed by atoms with E-state index in [2.05, 4.69) is 15.4 Å². The summed E-state index contributed by atoms with van der Waals surface area (Å²) in [4.78, 5) is 15.8. The molecular formula is C19H19F5N4O. The lowest BCUT2D eigenvalue weighted by Gasteiger charge is -2.28. The normalized spacial score (nSPS) is 21.8. The molecule has 0 unspecified atom stereocenters. The summed E-state index contributed by atoms with van der Waals surface area (Å²) < 4.78 is 66.6. The summed E-state index contributed by atoms with van der Waals surface area (Å²) in [5.41, 5.74) is 0.659. The zero-order chi connectivity index (χ0) is 20.8. The highest BCUT2D eigenvalue weighted by Crippen LogP contribution is 2.37. The number of alkyl halides is 5. The minimum atomic E-state index is -4.56. The third-order valence-electron chi connectivity index (χ3n) is 5.57. The lowest BCUT2D eigenvalue weighted by atomic mass is 9.86. The first-order chi connectivity index (χ1) is 13.6. The van der Waals surface area contributed by atoms with Crippen LogP contribution in [0.25, 0.3) is 5.69 Å². The summed E-state index contributed by atoms with van der Waals surface area (Å²) in [7, 11) is 0. The standard InChI is InChI=1S/C19H19F5N4O/c20-18(21)6-3-11(4-7-18)17(29)26-14-1-2-15-13(14)10-28(27-15)12-5-8-25-16(9-12)19(22,23)24/h5,8-11,14H,1-4,6-7H2,(H,26,29)/t14-/m0/s1. The number of rotatable bonds is 3. The van der Waals surface area contributed by atoms with Crippen molar-refractivity contribution in [1.82, 2.24) is 20.1 Å². The SMILES string of the molecule is O=C(N[C@H]1CCc2nn(-c3ccnc(C(F)(F)F)c3)cc21)C1CCC(F)(F)CC1. The van der Waals surface area contributed by atoms with Crippen molar-refractivity contribution < 1.29 is 26.7 Å². The minimum absolute atomic E-state index is 0.148. The van der Waals surface area contributed by atoms with E-state index in [1.807, 2.05) is 0 Å². The van der Waals surface area contributed by atoms with Crippen LogP contribution in [0.15, 0.2) is 24.5 Å². The number of pyridine rings is 1. The summed E-state index contributed by atoms with van der Waals surface area (Å²) in [5, 5.41) is 7.25. The fraction of sp³-hybridized carbons (Fsp3) is 0.526. The number of fused-ring (bicyclic) bond motifs is 1. The highest BCUT2D eigenvalue weighted by Gasteiger charge is 2.38. The van der Waals surface area contributed by atoms with Gasteiger partial charge in [0.1, 0.15) is 5.69 Å². The molecule has 0 aliphatic heterocycles. The van der Waals surface area contributed by atoms with Gasteiger partial charge >= 0.3 is 6.18 Å². The Morgan fingerprint density at radius 2 is 1.93 bits per heavy atom. The second kappa shape index (κ2) is 7.07. The Kier molecular flexibility index (Phi) is 4.82. The van der Waals surface area contributed by atoms with E-state index in [9.17, 15) is 26.7 Å². The van der Waals surface area contributed by atoms with Gasteiger partial charge in [-0.3, -0.25) is 9.78 Å². The lowest BCUT2D eigenvalue weighted by Crippen LogP contribution is -2.37. The maximum Gasteiger partial charge on any atom is 0.433 e. The highest BCUT2D eigenvalue weighted by molar-refractivity contribution is 5.79. The largest absolute Gasteiger partial charge is 0.433 e. The van der Waals surface area contributed by atoms with Gasteiger partial charge in [-0.15, -0.1) is 0 Å². The first-order valence-corrected chi connectivity index (χ1v) is 9.43. The Morgan fingerprint density at radius 1 is 1.21 bits per heavy atom. The number of aryl methyl sites for hydroxylation is 1. The van der Waals surface area contributed by atoms with Gasteiger partial charge < -0.3 is 5.32 Å². The van der Waals surface area contributed by atoms with Gasteiger partial charge in [-0.1, -0.05) is 0 Å². The van der Waals surface area contributed by atoms with E-state index in [1.165, 1.54) is 10.7 Å². The van der Waals surface area contributed by atoms with E-state index in [4.69, 9.17) is 0 Å². The van der Waals surface area contributed by atoms with Gasteiger partial charge in [-0.05, 0) is 37.8 Å². The van der Waals surface area contributed by atoms with Crippen molar-refractivity contribution in [3.8, 4) is 5.69 Å². The molecule has 1 fully saturated rings. The molecule has 1 N–H and O–H groups in total. The maximum absolute atomic E-state index is 13.3. The quantitative estimate of drug-likeness (QED) is 0.766. The Labute approximate surface area is 163 Å². The van der Waals surface area contributed by atoms with E-state index in [-0.39, 0.29) is 43.3 Å². The summed E-state index contributed by atoms with van der Waals surface area (Å²) in [6.07, 6.45) is -0.959. The number of nitrogens with zero attached hydrogens (tertiary/aromatic N) is 3. The molecule has 0 radical (unpaired) electrons. The summed E-state index contributed by atoms with van der Waals surface area (Å²) in [6.45, 7) is 0. The van der Waals surface area contributed by atoms with Crippen LogP contribution in [0.4, 0.5) is 22.0 Å². The van der Waals surface area contributed by atoms with Crippen LogP contribution in [0.1, 0.15) is 55.1 Å². The van der Waals surface area contributed by atoms with Crippen LogP contribution in [0.2, 0.25) is 0 Å². The molecule has 0 aromatic carbocycles. The topological polar surface area (TPSA) is 59.8 Å². The fourth-order valence-electron chi connectivity index (χ4n) is 3.94. The molecule has 2 aromatic rings. The van der Waals surface area contributed by atoms with Crippen LogP contribution in [0.5, 0.6) is 0 Å². The zero-order valence-electron chi connectivity index (χ0n) is 15.3. The Morgan fingerprint density at radius 3 is 2.62 bits per heavy atom. The number of nitrogens with one attached hydrogen (secondary N) is 1. The van der Waals surface area contributed by atoms with Crippen molar-refractivity contribution in [3.63, 3.8) is 0 Å². The molecular weight excluding hydrogens is 395 g/mol. The van der Waals surface area contributed by atoms with Gasteiger partial charge in [-0.2, -0.15) is 18.3 Å². The second-order valence-electron chi connectivity index (χ2n) is 7.60. The van der Waals surface area contributed by atoms with Crippen LogP contribution in [-0.2, 0) is 17.4 Å². The number of halogens is 5. The number of carbonyl (C=O) groups excluding carboxylic acids is 1. The molecule has 0 spiro atoms. The van der Waals surface area contributed by atoms with Crippen LogP contribution < -0.4 is 5.32 Å². The molecule has 2 aromatic heterocycles. The van der Waals surface area contributed by atoms with Crippen LogP contribution in [0, 0.1) is 5.92 Å². The van der Waals surface area contributed by atoms with Crippen LogP contribution in [0.3, 0.4) is 0 Å². The van der Waals surface area contributed by atoms with Crippen molar-refractivity contribution in [1.29, 1.82) is 0 Å². The Balaban J connectivity index is 1.48. The molecule has 10 heteroatoms. The fourth-order valence-corrected chi connectivity index (χ4v) is 3.94. The van der Waals surface area contributed by atoms with Gasteiger partial charge in [0.2, 0.25) is 11.8 Å². The molecule has 0 bridgehead atoms. The number of hydrogen-bond acceptors (Lipinski definition) is 3. The molecule has 1 amide bonds. The van der Waals surface area contributed by atoms with Crippen molar-refractivity contribution >= 4 is 5.91 Å². The Hall–Kier alpha value is -2.52. The van der Waals surface area contributed by atoms with E-state index in [0.717, 1.165) is 17.8 Å². The van der Waals surface area contributed by atoms with Gasteiger partial charge in [0.05, 0.1) is 17.4 Å². The highest BCUT2D eigenvalue weighted by atomic mass is 19.4. The average Bonchev–Trinajstić information content (AvgIpc) is 3.23. The predicted octanol–water partition coefficient (Wildman–Crippen LogP) is 4.22. The molecule has 156 valence electrons. The summed E-state index contributed by atoms with van der Waals surface area (Å²) in [6, 6.07) is 2.02. The van der Waals surface area contributed by atoms with Gasteiger partial charge in [-0.25, -0.2) is 13.5 Å². The maximum atomic E-state index is 13.3. The lowest BCUT2D eigenvalue weighted by molar-refractivity contribution is -0.141. The molecule has 1 atom stereocenters. The van der Waals surface area contributed by atoms with Crippen molar-refractivity contribution in [2.75, 3.05) is 0 Å². The molecule has 2 heterocycles. The number of aromatic nitrogens is 3. The van der Waals surface area contributed by atoms with Crippen molar-refractivity contribution in [2.45, 2.75) is 56.7 Å². The Bertz CT molecular complexity index is 914. The van der Waals surface area contributed by atoms with Crippen molar-refractivity contribution in [2.24, 2.45) is 5.92 Å². The second-order valence-corrected chi connectivity index (χ2v) is 7.60. The van der Waals surface area contributed by atoms with Crippen LogP contribution in [-0.4, -0.2) is 26.6 Å².